The third kappa shape index (κ3) is 2.44. The van der Waals surface area contributed by atoms with E-state index in [1.165, 1.54) is 11.3 Å². The van der Waals surface area contributed by atoms with Crippen LogP contribution in [-0.2, 0) is 0 Å². The highest BCUT2D eigenvalue weighted by Crippen LogP contribution is 2.31. The summed E-state index contributed by atoms with van der Waals surface area (Å²) in [5.41, 5.74) is 7.08. The number of hydrogen-bond donors (Lipinski definition) is 2. The van der Waals surface area contributed by atoms with E-state index in [1.807, 2.05) is 17.5 Å². The fraction of sp³-hybridized carbons (Fsp3) is 0.154. The van der Waals surface area contributed by atoms with Gasteiger partial charge in [0.05, 0.1) is 19.9 Å². The summed E-state index contributed by atoms with van der Waals surface area (Å²) in [7, 11) is 3.18. The molecule has 3 N–H and O–H groups in total. The Bertz CT molecular complexity index is 867. The van der Waals surface area contributed by atoms with Crippen LogP contribution in [0.5, 0.6) is 11.5 Å². The Morgan fingerprint density at radius 1 is 1.32 bits per heavy atom. The largest absolute Gasteiger partial charge is 0.497 e. The van der Waals surface area contributed by atoms with Gasteiger partial charge in [-0.3, -0.25) is 9.67 Å². The summed E-state index contributed by atoms with van der Waals surface area (Å²) in [6.07, 6.45) is 0. The molecule has 0 saturated carbocycles. The number of thiazole rings is 1. The van der Waals surface area contributed by atoms with Crippen molar-refractivity contribution in [1.29, 1.82) is 0 Å². The lowest BCUT2D eigenvalue weighted by molar-refractivity contribution is 0.393. The number of rotatable bonds is 4. The van der Waals surface area contributed by atoms with E-state index < -0.39 is 0 Å². The Morgan fingerprint density at radius 2 is 2.14 bits per heavy atom. The summed E-state index contributed by atoms with van der Waals surface area (Å²) in [5.74, 6) is 1.87. The quantitative estimate of drug-likeness (QED) is 0.712. The molecule has 0 atom stereocenters. The molecule has 0 bridgehead atoms. The molecule has 7 nitrogen and oxygen atoms in total. The summed E-state index contributed by atoms with van der Waals surface area (Å²) >= 11 is 6.68. The Balaban J connectivity index is 2.21. The molecule has 0 aliphatic carbocycles. The highest BCUT2D eigenvalue weighted by atomic mass is 32.1. The topological polar surface area (TPSA) is 91.0 Å². The van der Waals surface area contributed by atoms with Gasteiger partial charge in [0.2, 0.25) is 0 Å². The zero-order chi connectivity index (χ0) is 15.7. The number of methoxy groups -OCH3 is 2. The molecule has 22 heavy (non-hydrogen) atoms. The van der Waals surface area contributed by atoms with Crippen molar-refractivity contribution in [3.05, 3.63) is 28.4 Å². The van der Waals surface area contributed by atoms with Crippen molar-refractivity contribution in [1.82, 2.24) is 19.7 Å². The van der Waals surface area contributed by atoms with Gasteiger partial charge < -0.3 is 15.2 Å². The normalized spacial score (nSPS) is 10.6. The SMILES string of the molecule is COc1ccc(-n2c(-c3csc(N)n3)n[nH]c2=S)c(OC)c1. The van der Waals surface area contributed by atoms with E-state index in [4.69, 9.17) is 27.4 Å². The van der Waals surface area contributed by atoms with Gasteiger partial charge in [-0.2, -0.15) is 5.10 Å². The van der Waals surface area contributed by atoms with Crippen molar-refractivity contribution >= 4 is 28.7 Å². The molecular formula is C13H13N5O2S2. The molecule has 2 heterocycles. The first-order chi connectivity index (χ1) is 10.6. The van der Waals surface area contributed by atoms with Gasteiger partial charge in [0.25, 0.3) is 0 Å². The van der Waals surface area contributed by atoms with Crippen LogP contribution >= 0.6 is 23.6 Å². The molecule has 0 aliphatic heterocycles. The number of aromatic amines is 1. The zero-order valence-electron chi connectivity index (χ0n) is 11.9. The van der Waals surface area contributed by atoms with E-state index >= 15 is 0 Å². The molecule has 0 fully saturated rings. The van der Waals surface area contributed by atoms with Crippen molar-refractivity contribution in [2.24, 2.45) is 0 Å². The number of nitrogens with one attached hydrogen (secondary N) is 1. The lowest BCUT2D eigenvalue weighted by Crippen LogP contribution is -2.01. The van der Waals surface area contributed by atoms with Crippen LogP contribution in [-0.4, -0.2) is 34.0 Å². The second kappa shape index (κ2) is 5.78. The summed E-state index contributed by atoms with van der Waals surface area (Å²) in [5, 5.41) is 9.31. The second-order valence-corrected chi connectivity index (χ2v) is 5.57. The monoisotopic (exact) mass is 335 g/mol. The van der Waals surface area contributed by atoms with Crippen LogP contribution in [0.2, 0.25) is 0 Å². The maximum Gasteiger partial charge on any atom is 0.200 e. The number of H-pyrrole nitrogens is 1. The number of anilines is 1. The summed E-state index contributed by atoms with van der Waals surface area (Å²) in [6, 6.07) is 5.46. The van der Waals surface area contributed by atoms with E-state index in [0.717, 1.165) is 5.69 Å². The smallest absolute Gasteiger partial charge is 0.200 e. The lowest BCUT2D eigenvalue weighted by Gasteiger charge is -2.12. The summed E-state index contributed by atoms with van der Waals surface area (Å²) in [6.45, 7) is 0. The fourth-order valence-electron chi connectivity index (χ4n) is 2.05. The number of ether oxygens (including phenoxy) is 2. The Hall–Kier alpha value is -2.39. The molecule has 2 aromatic heterocycles. The molecule has 114 valence electrons. The highest BCUT2D eigenvalue weighted by molar-refractivity contribution is 7.71. The van der Waals surface area contributed by atoms with Crippen LogP contribution < -0.4 is 15.2 Å². The molecule has 0 unspecified atom stereocenters. The first kappa shape index (κ1) is 14.5. The molecule has 3 rings (SSSR count). The van der Waals surface area contributed by atoms with Gasteiger partial charge in [-0.15, -0.1) is 11.3 Å². The predicted molar refractivity (Wildman–Crippen MR) is 87.4 cm³/mol. The highest BCUT2D eigenvalue weighted by Gasteiger charge is 2.17. The van der Waals surface area contributed by atoms with Crippen molar-refractivity contribution in [2.45, 2.75) is 0 Å². The maximum absolute atomic E-state index is 5.70. The second-order valence-electron chi connectivity index (χ2n) is 4.30. The van der Waals surface area contributed by atoms with Crippen LogP contribution in [0.15, 0.2) is 23.6 Å². The van der Waals surface area contributed by atoms with E-state index in [2.05, 4.69) is 15.2 Å². The van der Waals surface area contributed by atoms with Crippen LogP contribution in [0.1, 0.15) is 0 Å². The molecule has 3 aromatic rings. The van der Waals surface area contributed by atoms with Crippen LogP contribution in [0, 0.1) is 4.77 Å². The molecule has 0 amide bonds. The molecule has 1 aromatic carbocycles. The third-order valence-electron chi connectivity index (χ3n) is 3.05. The fourth-order valence-corrected chi connectivity index (χ4v) is 2.82. The number of nitrogens with zero attached hydrogens (tertiary/aromatic N) is 3. The lowest BCUT2D eigenvalue weighted by atomic mass is 10.2. The van der Waals surface area contributed by atoms with Crippen molar-refractivity contribution < 1.29 is 9.47 Å². The third-order valence-corrected chi connectivity index (χ3v) is 4.00. The number of benzene rings is 1. The molecule has 0 saturated heterocycles. The predicted octanol–water partition coefficient (Wildman–Crippen LogP) is 2.65. The van der Waals surface area contributed by atoms with Gasteiger partial charge in [0.1, 0.15) is 17.2 Å². The van der Waals surface area contributed by atoms with Crippen LogP contribution in [0.4, 0.5) is 5.13 Å². The van der Waals surface area contributed by atoms with Gasteiger partial charge >= 0.3 is 0 Å². The van der Waals surface area contributed by atoms with Gasteiger partial charge in [0, 0.05) is 11.4 Å². The minimum Gasteiger partial charge on any atom is -0.497 e. The van der Waals surface area contributed by atoms with Crippen molar-refractivity contribution in [2.75, 3.05) is 20.0 Å². The van der Waals surface area contributed by atoms with E-state index in [1.54, 1.807) is 24.9 Å². The molecular weight excluding hydrogens is 322 g/mol. The van der Waals surface area contributed by atoms with E-state index in [-0.39, 0.29) is 0 Å². The summed E-state index contributed by atoms with van der Waals surface area (Å²) < 4.78 is 12.8. The average Bonchev–Trinajstić information content (AvgIpc) is 3.12. The molecule has 0 spiro atoms. The first-order valence-corrected chi connectivity index (χ1v) is 7.54. The van der Waals surface area contributed by atoms with Crippen LogP contribution in [0.25, 0.3) is 17.2 Å². The van der Waals surface area contributed by atoms with Gasteiger partial charge in [-0.05, 0) is 24.4 Å². The maximum atomic E-state index is 5.70. The molecule has 9 heteroatoms. The standard InChI is InChI=1S/C13H13N5O2S2/c1-19-7-3-4-9(10(5-7)20-2)18-11(16-17-13(18)21)8-6-22-12(14)15-8/h3-6H,1-2H3,(H2,14,15)(H,17,21). The van der Waals surface area contributed by atoms with Gasteiger partial charge in [0.15, 0.2) is 15.7 Å². The minimum absolute atomic E-state index is 0.435. The zero-order valence-corrected chi connectivity index (χ0v) is 13.5. The average molecular weight is 335 g/mol. The Morgan fingerprint density at radius 3 is 2.77 bits per heavy atom. The molecule has 0 aliphatic rings. The minimum atomic E-state index is 0.435. The number of hydrogen-bond acceptors (Lipinski definition) is 7. The van der Waals surface area contributed by atoms with E-state index in [9.17, 15) is 0 Å². The Labute approximate surface area is 135 Å². The van der Waals surface area contributed by atoms with Crippen LogP contribution in [0.3, 0.4) is 0 Å². The number of aromatic nitrogens is 4. The number of nitrogen functional groups attached to an aromatic ring is 1. The van der Waals surface area contributed by atoms with E-state index in [0.29, 0.717) is 32.9 Å². The van der Waals surface area contributed by atoms with Crippen molar-refractivity contribution in [3.63, 3.8) is 0 Å². The van der Waals surface area contributed by atoms with Gasteiger partial charge in [-0.25, -0.2) is 4.98 Å². The summed E-state index contributed by atoms with van der Waals surface area (Å²) in [4.78, 5) is 4.25. The first-order valence-electron chi connectivity index (χ1n) is 6.25. The van der Waals surface area contributed by atoms with Crippen molar-refractivity contribution in [3.8, 4) is 28.7 Å². The number of nitrogens with two attached hydrogens (primary N) is 1. The molecule has 0 radical (unpaired) electrons. The Kier molecular flexibility index (Phi) is 3.82. The van der Waals surface area contributed by atoms with Gasteiger partial charge in [-0.1, -0.05) is 0 Å².